The Hall–Kier alpha value is -1.07. The van der Waals surface area contributed by atoms with Crippen molar-refractivity contribution < 1.29 is 18.3 Å². The van der Waals surface area contributed by atoms with Crippen LogP contribution in [0.1, 0.15) is 30.4 Å². The quantitative estimate of drug-likeness (QED) is 0.812. The predicted octanol–water partition coefficient (Wildman–Crippen LogP) is 2.67. The molecule has 1 atom stereocenters. The Balaban J connectivity index is 2.43. The zero-order valence-electron chi connectivity index (χ0n) is 9.93. The molecule has 0 saturated carbocycles. The van der Waals surface area contributed by atoms with Crippen molar-refractivity contribution in [3.8, 4) is 0 Å². The topological polar surface area (TPSA) is 32.3 Å². The van der Waals surface area contributed by atoms with Gasteiger partial charge in [-0.25, -0.2) is 0 Å². The highest BCUT2D eigenvalue weighted by Gasteiger charge is 2.40. The Morgan fingerprint density at radius 3 is 2.56 bits per heavy atom. The van der Waals surface area contributed by atoms with Gasteiger partial charge < -0.3 is 10.4 Å². The monoisotopic (exact) mass is 259 g/mol. The lowest BCUT2D eigenvalue weighted by atomic mass is 9.84. The Morgan fingerprint density at radius 2 is 1.83 bits per heavy atom. The lowest BCUT2D eigenvalue weighted by Crippen LogP contribution is -2.30. The molecule has 1 aliphatic rings. The van der Waals surface area contributed by atoms with Crippen LogP contribution in [0, 0.1) is 0 Å². The molecule has 0 bridgehead atoms. The fourth-order valence-electron chi connectivity index (χ4n) is 2.46. The molecule has 1 unspecified atom stereocenters. The molecule has 1 aromatic rings. The molecular weight excluding hydrogens is 243 g/mol. The van der Waals surface area contributed by atoms with E-state index in [1.54, 1.807) is 6.07 Å². The zero-order chi connectivity index (χ0) is 13.2. The Kier molecular flexibility index (Phi) is 3.64. The molecule has 100 valence electrons. The molecule has 1 aliphatic heterocycles. The van der Waals surface area contributed by atoms with E-state index in [2.05, 4.69) is 5.32 Å². The van der Waals surface area contributed by atoms with Crippen molar-refractivity contribution in [1.82, 2.24) is 5.32 Å². The van der Waals surface area contributed by atoms with Crippen molar-refractivity contribution in [2.45, 2.75) is 31.0 Å². The van der Waals surface area contributed by atoms with Crippen molar-refractivity contribution in [3.05, 3.63) is 35.4 Å². The molecule has 0 amide bonds. The van der Waals surface area contributed by atoms with Crippen LogP contribution in [0.4, 0.5) is 13.2 Å². The Labute approximate surface area is 104 Å². The van der Waals surface area contributed by atoms with E-state index in [4.69, 9.17) is 0 Å². The molecule has 1 heterocycles. The molecule has 18 heavy (non-hydrogen) atoms. The fourth-order valence-corrected chi connectivity index (χ4v) is 2.46. The van der Waals surface area contributed by atoms with Crippen LogP contribution in [0.25, 0.3) is 0 Å². The summed E-state index contributed by atoms with van der Waals surface area (Å²) in [5.74, 6) is 0. The molecule has 0 aromatic heterocycles. The summed E-state index contributed by atoms with van der Waals surface area (Å²) in [5, 5.41) is 13.6. The molecule has 1 aromatic carbocycles. The van der Waals surface area contributed by atoms with E-state index in [0.29, 0.717) is 25.8 Å². The SMILES string of the molecule is OC1(c2ccccc2C(F)(F)F)CCCNCC1. The average molecular weight is 259 g/mol. The first kappa shape index (κ1) is 13.4. The number of halogens is 3. The molecule has 2 rings (SSSR count). The minimum Gasteiger partial charge on any atom is -0.385 e. The van der Waals surface area contributed by atoms with Gasteiger partial charge in [-0.3, -0.25) is 0 Å². The maximum atomic E-state index is 12.9. The molecule has 0 radical (unpaired) electrons. The molecule has 0 spiro atoms. The van der Waals surface area contributed by atoms with Crippen molar-refractivity contribution >= 4 is 0 Å². The standard InChI is InChI=1S/C13H16F3NO/c14-13(15,16)11-5-2-1-4-10(11)12(18)6-3-8-17-9-7-12/h1-2,4-5,17-18H,3,6-9H2. The van der Waals surface area contributed by atoms with Gasteiger partial charge in [-0.05, 0) is 44.0 Å². The van der Waals surface area contributed by atoms with Gasteiger partial charge >= 0.3 is 6.18 Å². The third-order valence-electron chi connectivity index (χ3n) is 3.39. The van der Waals surface area contributed by atoms with Crippen molar-refractivity contribution in [3.63, 3.8) is 0 Å². The second kappa shape index (κ2) is 4.90. The minimum absolute atomic E-state index is 0.00111. The third-order valence-corrected chi connectivity index (χ3v) is 3.39. The number of hydrogen-bond donors (Lipinski definition) is 2. The number of alkyl halides is 3. The molecule has 1 saturated heterocycles. The Bertz CT molecular complexity index is 409. The van der Waals surface area contributed by atoms with Gasteiger partial charge in [0.05, 0.1) is 11.2 Å². The third kappa shape index (κ3) is 2.67. The van der Waals surface area contributed by atoms with Crippen LogP contribution < -0.4 is 5.32 Å². The second-order valence-electron chi connectivity index (χ2n) is 4.68. The van der Waals surface area contributed by atoms with E-state index in [-0.39, 0.29) is 5.56 Å². The zero-order valence-corrected chi connectivity index (χ0v) is 9.93. The summed E-state index contributed by atoms with van der Waals surface area (Å²) in [6.45, 7) is 1.26. The van der Waals surface area contributed by atoms with E-state index < -0.39 is 17.3 Å². The van der Waals surface area contributed by atoms with E-state index in [0.717, 1.165) is 12.6 Å². The minimum atomic E-state index is -4.42. The van der Waals surface area contributed by atoms with Crippen molar-refractivity contribution in [2.24, 2.45) is 0 Å². The summed E-state index contributed by atoms with van der Waals surface area (Å²) in [5.41, 5.74) is -2.11. The smallest absolute Gasteiger partial charge is 0.385 e. The normalized spacial score (nSPS) is 25.8. The van der Waals surface area contributed by atoms with Crippen molar-refractivity contribution in [2.75, 3.05) is 13.1 Å². The maximum absolute atomic E-state index is 12.9. The van der Waals surface area contributed by atoms with Crippen LogP contribution in [0.15, 0.2) is 24.3 Å². The predicted molar refractivity (Wildman–Crippen MR) is 62.1 cm³/mol. The van der Waals surface area contributed by atoms with Crippen LogP contribution in [0.5, 0.6) is 0 Å². The number of nitrogens with one attached hydrogen (secondary N) is 1. The summed E-state index contributed by atoms with van der Waals surface area (Å²) >= 11 is 0. The number of hydrogen-bond acceptors (Lipinski definition) is 2. The first-order chi connectivity index (χ1) is 8.43. The lowest BCUT2D eigenvalue weighted by molar-refractivity contribution is -0.141. The van der Waals surface area contributed by atoms with Gasteiger partial charge in [-0.2, -0.15) is 13.2 Å². The first-order valence-electron chi connectivity index (χ1n) is 6.03. The number of aliphatic hydroxyl groups is 1. The van der Waals surface area contributed by atoms with Gasteiger partial charge in [0.25, 0.3) is 0 Å². The molecule has 1 fully saturated rings. The molecule has 0 aliphatic carbocycles. The summed E-state index contributed by atoms with van der Waals surface area (Å²) < 4.78 is 38.8. The highest BCUT2D eigenvalue weighted by Crippen LogP contribution is 2.40. The Morgan fingerprint density at radius 1 is 1.11 bits per heavy atom. The largest absolute Gasteiger partial charge is 0.416 e. The van der Waals surface area contributed by atoms with Crippen LogP contribution in [-0.4, -0.2) is 18.2 Å². The number of benzene rings is 1. The number of rotatable bonds is 1. The van der Waals surface area contributed by atoms with Gasteiger partial charge in [-0.1, -0.05) is 18.2 Å². The van der Waals surface area contributed by atoms with Crippen LogP contribution in [-0.2, 0) is 11.8 Å². The van der Waals surface area contributed by atoms with Gasteiger partial charge in [-0.15, -0.1) is 0 Å². The van der Waals surface area contributed by atoms with Crippen LogP contribution in [0.2, 0.25) is 0 Å². The summed E-state index contributed by atoms with van der Waals surface area (Å²) in [7, 11) is 0. The molecule has 2 N–H and O–H groups in total. The highest BCUT2D eigenvalue weighted by atomic mass is 19.4. The molecule has 5 heteroatoms. The molecule has 2 nitrogen and oxygen atoms in total. The van der Waals surface area contributed by atoms with Gasteiger partial charge in [0.1, 0.15) is 0 Å². The van der Waals surface area contributed by atoms with E-state index >= 15 is 0 Å². The second-order valence-corrected chi connectivity index (χ2v) is 4.68. The van der Waals surface area contributed by atoms with Crippen LogP contribution in [0.3, 0.4) is 0 Å². The first-order valence-corrected chi connectivity index (χ1v) is 6.03. The summed E-state index contributed by atoms with van der Waals surface area (Å²) in [6.07, 6.45) is -3.10. The summed E-state index contributed by atoms with van der Waals surface area (Å²) in [6, 6.07) is 5.31. The van der Waals surface area contributed by atoms with Crippen molar-refractivity contribution in [1.29, 1.82) is 0 Å². The fraction of sp³-hybridized carbons (Fsp3) is 0.538. The maximum Gasteiger partial charge on any atom is 0.416 e. The van der Waals surface area contributed by atoms with E-state index in [1.165, 1.54) is 12.1 Å². The lowest BCUT2D eigenvalue weighted by Gasteiger charge is -2.29. The average Bonchev–Trinajstić information content (AvgIpc) is 2.54. The van der Waals surface area contributed by atoms with Crippen LogP contribution >= 0.6 is 0 Å². The summed E-state index contributed by atoms with van der Waals surface area (Å²) in [4.78, 5) is 0. The molecular formula is C13H16F3NO. The highest BCUT2D eigenvalue weighted by molar-refractivity contribution is 5.34. The van der Waals surface area contributed by atoms with Gasteiger partial charge in [0, 0.05) is 0 Å². The van der Waals surface area contributed by atoms with E-state index in [1.807, 2.05) is 0 Å². The van der Waals surface area contributed by atoms with Gasteiger partial charge in [0.15, 0.2) is 0 Å². The van der Waals surface area contributed by atoms with Gasteiger partial charge in [0.2, 0.25) is 0 Å². The van der Waals surface area contributed by atoms with E-state index in [9.17, 15) is 18.3 Å².